The molecule has 0 spiro atoms. The van der Waals surface area contributed by atoms with Crippen LogP contribution >= 0.6 is 0 Å². The van der Waals surface area contributed by atoms with Crippen LogP contribution in [0.5, 0.6) is 0 Å². The van der Waals surface area contributed by atoms with Crippen molar-refractivity contribution >= 4 is 0 Å². The SMILES string of the molecule is Cc1nccnc1C(C)NCCc1ncn[nH]1. The van der Waals surface area contributed by atoms with Crippen molar-refractivity contribution in [3.63, 3.8) is 0 Å². The lowest BCUT2D eigenvalue weighted by molar-refractivity contribution is 0.553. The predicted molar refractivity (Wildman–Crippen MR) is 63.3 cm³/mol. The quantitative estimate of drug-likeness (QED) is 0.797. The van der Waals surface area contributed by atoms with Crippen LogP contribution in [0, 0.1) is 6.92 Å². The van der Waals surface area contributed by atoms with E-state index in [-0.39, 0.29) is 6.04 Å². The highest BCUT2D eigenvalue weighted by molar-refractivity contribution is 5.12. The lowest BCUT2D eigenvalue weighted by Gasteiger charge is -2.13. The summed E-state index contributed by atoms with van der Waals surface area (Å²) in [4.78, 5) is 12.6. The van der Waals surface area contributed by atoms with Gasteiger partial charge in [0.2, 0.25) is 0 Å². The molecule has 0 bridgehead atoms. The number of aromatic nitrogens is 5. The first-order valence-corrected chi connectivity index (χ1v) is 5.62. The first-order chi connectivity index (χ1) is 8.27. The van der Waals surface area contributed by atoms with Crippen LogP contribution in [-0.4, -0.2) is 31.7 Å². The number of rotatable bonds is 5. The third-order valence-electron chi connectivity index (χ3n) is 2.61. The summed E-state index contributed by atoms with van der Waals surface area (Å²) in [5.41, 5.74) is 1.96. The molecule has 0 radical (unpaired) electrons. The van der Waals surface area contributed by atoms with Crippen molar-refractivity contribution in [3.05, 3.63) is 35.9 Å². The monoisotopic (exact) mass is 232 g/mol. The molecule has 1 unspecified atom stereocenters. The number of aromatic amines is 1. The summed E-state index contributed by atoms with van der Waals surface area (Å²) in [5.74, 6) is 0.889. The second kappa shape index (κ2) is 5.49. The van der Waals surface area contributed by atoms with Crippen molar-refractivity contribution in [3.8, 4) is 0 Å². The van der Waals surface area contributed by atoms with Gasteiger partial charge in [-0.1, -0.05) is 0 Å². The molecule has 2 heterocycles. The summed E-state index contributed by atoms with van der Waals surface area (Å²) in [6.45, 7) is 4.88. The van der Waals surface area contributed by atoms with Gasteiger partial charge in [0.25, 0.3) is 0 Å². The summed E-state index contributed by atoms with van der Waals surface area (Å²) in [6, 6.07) is 0.187. The van der Waals surface area contributed by atoms with Crippen LogP contribution in [0.25, 0.3) is 0 Å². The van der Waals surface area contributed by atoms with Gasteiger partial charge in [0.15, 0.2) is 0 Å². The number of hydrogen-bond donors (Lipinski definition) is 2. The first-order valence-electron chi connectivity index (χ1n) is 5.62. The molecule has 0 saturated carbocycles. The fraction of sp³-hybridized carbons (Fsp3) is 0.455. The van der Waals surface area contributed by atoms with E-state index < -0.39 is 0 Å². The number of nitrogens with zero attached hydrogens (tertiary/aromatic N) is 4. The van der Waals surface area contributed by atoms with Gasteiger partial charge in [0.05, 0.1) is 11.4 Å². The molecule has 0 aromatic carbocycles. The van der Waals surface area contributed by atoms with E-state index in [2.05, 4.69) is 37.4 Å². The van der Waals surface area contributed by atoms with Crippen molar-refractivity contribution in [1.29, 1.82) is 0 Å². The Morgan fingerprint density at radius 1 is 1.29 bits per heavy atom. The topological polar surface area (TPSA) is 79.4 Å². The maximum absolute atomic E-state index is 4.33. The van der Waals surface area contributed by atoms with Crippen LogP contribution in [0.2, 0.25) is 0 Å². The van der Waals surface area contributed by atoms with Gasteiger partial charge in [-0.3, -0.25) is 15.1 Å². The highest BCUT2D eigenvalue weighted by atomic mass is 15.2. The fourth-order valence-corrected chi connectivity index (χ4v) is 1.70. The Morgan fingerprint density at radius 3 is 2.82 bits per heavy atom. The highest BCUT2D eigenvalue weighted by Crippen LogP contribution is 2.11. The van der Waals surface area contributed by atoms with Gasteiger partial charge in [-0.15, -0.1) is 0 Å². The summed E-state index contributed by atoms with van der Waals surface area (Å²) in [6.07, 6.45) is 5.77. The molecule has 90 valence electrons. The molecule has 0 aliphatic rings. The number of nitrogens with one attached hydrogen (secondary N) is 2. The lowest BCUT2D eigenvalue weighted by Crippen LogP contribution is -2.23. The third-order valence-corrected chi connectivity index (χ3v) is 2.61. The number of H-pyrrole nitrogens is 1. The molecule has 17 heavy (non-hydrogen) atoms. The molecule has 0 amide bonds. The minimum absolute atomic E-state index is 0.187. The van der Waals surface area contributed by atoms with Gasteiger partial charge >= 0.3 is 0 Å². The Bertz CT molecular complexity index is 453. The summed E-state index contributed by atoms with van der Waals surface area (Å²) < 4.78 is 0. The Balaban J connectivity index is 1.85. The van der Waals surface area contributed by atoms with E-state index in [0.29, 0.717) is 0 Å². The maximum atomic E-state index is 4.33. The van der Waals surface area contributed by atoms with E-state index in [9.17, 15) is 0 Å². The summed E-state index contributed by atoms with van der Waals surface area (Å²) in [5, 5.41) is 10.0. The first kappa shape index (κ1) is 11.7. The van der Waals surface area contributed by atoms with Crippen LogP contribution in [0.3, 0.4) is 0 Å². The average molecular weight is 232 g/mol. The minimum atomic E-state index is 0.187. The molecule has 6 heteroatoms. The maximum Gasteiger partial charge on any atom is 0.137 e. The molecule has 2 rings (SSSR count). The fourth-order valence-electron chi connectivity index (χ4n) is 1.70. The van der Waals surface area contributed by atoms with Gasteiger partial charge in [-0.05, 0) is 13.8 Å². The smallest absolute Gasteiger partial charge is 0.137 e. The van der Waals surface area contributed by atoms with E-state index >= 15 is 0 Å². The zero-order chi connectivity index (χ0) is 12.1. The van der Waals surface area contributed by atoms with E-state index in [0.717, 1.165) is 30.2 Å². The number of hydrogen-bond acceptors (Lipinski definition) is 5. The van der Waals surface area contributed by atoms with Crippen LogP contribution < -0.4 is 5.32 Å². The largest absolute Gasteiger partial charge is 0.308 e. The average Bonchev–Trinajstić information content (AvgIpc) is 2.82. The molecule has 2 aromatic heterocycles. The van der Waals surface area contributed by atoms with Crippen molar-refractivity contribution < 1.29 is 0 Å². The molecule has 1 atom stereocenters. The molecule has 2 N–H and O–H groups in total. The third kappa shape index (κ3) is 3.07. The highest BCUT2D eigenvalue weighted by Gasteiger charge is 2.09. The zero-order valence-corrected chi connectivity index (χ0v) is 10.0. The second-order valence-corrected chi connectivity index (χ2v) is 3.88. The molecule has 2 aromatic rings. The molecule has 6 nitrogen and oxygen atoms in total. The van der Waals surface area contributed by atoms with Crippen molar-refractivity contribution in [2.45, 2.75) is 26.3 Å². The minimum Gasteiger partial charge on any atom is -0.308 e. The standard InChI is InChI=1S/C11H16N6/c1-8(11-9(2)13-5-6-14-11)12-4-3-10-15-7-16-17-10/h5-8,12H,3-4H2,1-2H3,(H,15,16,17). The summed E-state index contributed by atoms with van der Waals surface area (Å²) >= 11 is 0. The molecule has 0 fully saturated rings. The van der Waals surface area contributed by atoms with Gasteiger partial charge in [0, 0.05) is 31.4 Å². The van der Waals surface area contributed by atoms with E-state index in [1.54, 1.807) is 12.4 Å². The van der Waals surface area contributed by atoms with E-state index in [1.807, 2.05) is 6.92 Å². The summed E-state index contributed by atoms with van der Waals surface area (Å²) in [7, 11) is 0. The zero-order valence-electron chi connectivity index (χ0n) is 10.0. The van der Waals surface area contributed by atoms with Gasteiger partial charge in [-0.2, -0.15) is 5.10 Å². The predicted octanol–water partition coefficient (Wildman–Crippen LogP) is 0.796. The van der Waals surface area contributed by atoms with Gasteiger partial charge in [-0.25, -0.2) is 4.98 Å². The Labute approximate surface area is 99.9 Å². The Kier molecular flexibility index (Phi) is 3.77. The van der Waals surface area contributed by atoms with Crippen LogP contribution in [0.15, 0.2) is 18.7 Å². The van der Waals surface area contributed by atoms with Crippen molar-refractivity contribution in [2.75, 3.05) is 6.54 Å². The second-order valence-electron chi connectivity index (χ2n) is 3.88. The van der Waals surface area contributed by atoms with E-state index in [4.69, 9.17) is 0 Å². The van der Waals surface area contributed by atoms with E-state index in [1.165, 1.54) is 6.33 Å². The van der Waals surface area contributed by atoms with Crippen molar-refractivity contribution in [1.82, 2.24) is 30.5 Å². The van der Waals surface area contributed by atoms with Crippen LogP contribution in [0.4, 0.5) is 0 Å². The van der Waals surface area contributed by atoms with Gasteiger partial charge < -0.3 is 5.32 Å². The van der Waals surface area contributed by atoms with Crippen LogP contribution in [0.1, 0.15) is 30.2 Å². The van der Waals surface area contributed by atoms with Gasteiger partial charge in [0.1, 0.15) is 12.2 Å². The molecular weight excluding hydrogens is 216 g/mol. The molecular formula is C11H16N6. The Morgan fingerprint density at radius 2 is 2.12 bits per heavy atom. The molecule has 0 saturated heterocycles. The van der Waals surface area contributed by atoms with Crippen molar-refractivity contribution in [2.24, 2.45) is 0 Å². The molecule has 0 aliphatic carbocycles. The Hall–Kier alpha value is -1.82. The normalized spacial score (nSPS) is 12.6. The molecule has 0 aliphatic heterocycles. The lowest BCUT2D eigenvalue weighted by atomic mass is 10.2. The van der Waals surface area contributed by atoms with Crippen LogP contribution in [-0.2, 0) is 6.42 Å². The number of aryl methyl sites for hydroxylation is 1.